The van der Waals surface area contributed by atoms with E-state index in [1.165, 1.54) is 10.6 Å². The fourth-order valence-electron chi connectivity index (χ4n) is 5.22. The van der Waals surface area contributed by atoms with Crippen molar-refractivity contribution >= 4 is 11.6 Å². The van der Waals surface area contributed by atoms with Gasteiger partial charge in [-0.2, -0.15) is 0 Å². The standard InChI is InChI=1S/C23H24N4O3/c1-2-6-18-15-11-16(19-7-5-9-21(28)27(18)19)14-25(13-15)22(29)17-12-24-20-8-3-4-10-26(20)23(17)30/h3-5,7-10,12,15-16,18H,2,6,11,13-14H2,1H3/t15-,16+,18-/m0/s1. The Labute approximate surface area is 173 Å². The molecule has 5 heterocycles. The van der Waals surface area contributed by atoms with Crippen LogP contribution in [0.15, 0.2) is 58.4 Å². The lowest BCUT2D eigenvalue weighted by molar-refractivity contribution is 0.0516. The molecule has 3 atom stereocenters. The Morgan fingerprint density at radius 2 is 2.00 bits per heavy atom. The van der Waals surface area contributed by atoms with Gasteiger partial charge in [-0.3, -0.25) is 18.8 Å². The van der Waals surface area contributed by atoms with Gasteiger partial charge in [0.2, 0.25) is 0 Å². The number of amides is 1. The summed E-state index contributed by atoms with van der Waals surface area (Å²) in [6, 6.07) is 10.8. The number of carbonyl (C=O) groups is 1. The van der Waals surface area contributed by atoms with Gasteiger partial charge in [-0.1, -0.05) is 25.5 Å². The minimum atomic E-state index is -0.344. The monoisotopic (exact) mass is 404 g/mol. The van der Waals surface area contributed by atoms with Gasteiger partial charge in [-0.25, -0.2) is 4.98 Å². The van der Waals surface area contributed by atoms with Gasteiger partial charge in [0.15, 0.2) is 0 Å². The van der Waals surface area contributed by atoms with Crippen molar-refractivity contribution in [2.24, 2.45) is 5.92 Å². The second-order valence-electron chi connectivity index (χ2n) is 8.32. The van der Waals surface area contributed by atoms with Crippen LogP contribution in [0.4, 0.5) is 0 Å². The van der Waals surface area contributed by atoms with E-state index in [9.17, 15) is 14.4 Å². The summed E-state index contributed by atoms with van der Waals surface area (Å²) >= 11 is 0. The molecule has 2 bridgehead atoms. The van der Waals surface area contributed by atoms with Crippen molar-refractivity contribution in [1.82, 2.24) is 18.9 Å². The van der Waals surface area contributed by atoms with Crippen molar-refractivity contribution in [1.29, 1.82) is 0 Å². The Morgan fingerprint density at radius 1 is 1.13 bits per heavy atom. The van der Waals surface area contributed by atoms with Crippen molar-refractivity contribution < 1.29 is 4.79 Å². The van der Waals surface area contributed by atoms with E-state index in [4.69, 9.17) is 0 Å². The van der Waals surface area contributed by atoms with Crippen LogP contribution in [0.25, 0.3) is 5.65 Å². The molecule has 7 nitrogen and oxygen atoms in total. The predicted octanol–water partition coefficient (Wildman–Crippen LogP) is 2.46. The number of likely N-dealkylation sites (tertiary alicyclic amines) is 1. The molecule has 5 rings (SSSR count). The highest BCUT2D eigenvalue weighted by Gasteiger charge is 2.41. The predicted molar refractivity (Wildman–Crippen MR) is 113 cm³/mol. The van der Waals surface area contributed by atoms with E-state index < -0.39 is 0 Å². The lowest BCUT2D eigenvalue weighted by atomic mass is 9.77. The molecule has 0 unspecified atom stereocenters. The van der Waals surface area contributed by atoms with Crippen LogP contribution >= 0.6 is 0 Å². The first-order chi connectivity index (χ1) is 14.6. The topological polar surface area (TPSA) is 76.7 Å². The molecule has 0 saturated carbocycles. The van der Waals surface area contributed by atoms with Gasteiger partial charge >= 0.3 is 0 Å². The summed E-state index contributed by atoms with van der Waals surface area (Å²) in [4.78, 5) is 44.9. The number of aromatic nitrogens is 3. The normalized spacial score (nSPS) is 22.7. The Balaban J connectivity index is 1.53. The smallest absolute Gasteiger partial charge is 0.270 e. The summed E-state index contributed by atoms with van der Waals surface area (Å²) < 4.78 is 3.36. The number of piperidine rings is 1. The van der Waals surface area contributed by atoms with E-state index in [1.807, 2.05) is 16.7 Å². The highest BCUT2D eigenvalue weighted by Crippen LogP contribution is 2.42. The Kier molecular flexibility index (Phi) is 4.53. The number of fused-ring (bicyclic) bond motifs is 5. The molecule has 3 aromatic rings. The maximum absolute atomic E-state index is 13.3. The van der Waals surface area contributed by atoms with Crippen LogP contribution in [0.5, 0.6) is 0 Å². The van der Waals surface area contributed by atoms with Gasteiger partial charge < -0.3 is 9.47 Å². The number of pyridine rings is 2. The molecule has 30 heavy (non-hydrogen) atoms. The van der Waals surface area contributed by atoms with Crippen LogP contribution < -0.4 is 11.1 Å². The van der Waals surface area contributed by atoms with Crippen molar-refractivity contribution in [3.05, 3.63) is 80.8 Å². The second kappa shape index (κ2) is 7.23. The second-order valence-corrected chi connectivity index (χ2v) is 8.32. The molecule has 1 saturated heterocycles. The van der Waals surface area contributed by atoms with E-state index in [0.717, 1.165) is 25.0 Å². The molecule has 2 aliphatic heterocycles. The highest BCUT2D eigenvalue weighted by atomic mass is 16.2. The van der Waals surface area contributed by atoms with Gasteiger partial charge in [0, 0.05) is 49.2 Å². The van der Waals surface area contributed by atoms with Crippen molar-refractivity contribution in [3.8, 4) is 0 Å². The number of rotatable bonds is 3. The molecule has 0 radical (unpaired) electrons. The zero-order valence-electron chi connectivity index (χ0n) is 16.9. The number of nitrogens with zero attached hydrogens (tertiary/aromatic N) is 4. The highest BCUT2D eigenvalue weighted by molar-refractivity contribution is 5.94. The van der Waals surface area contributed by atoms with E-state index in [0.29, 0.717) is 18.7 Å². The lowest BCUT2D eigenvalue weighted by Gasteiger charge is -2.47. The molecule has 0 aromatic carbocycles. The molecular formula is C23H24N4O3. The molecule has 154 valence electrons. The summed E-state index contributed by atoms with van der Waals surface area (Å²) in [5.74, 6) is 0.0322. The van der Waals surface area contributed by atoms with Crippen LogP contribution in [0.2, 0.25) is 0 Å². The average molecular weight is 404 g/mol. The van der Waals surface area contributed by atoms with Crippen molar-refractivity contribution in [3.63, 3.8) is 0 Å². The minimum Gasteiger partial charge on any atom is -0.337 e. The maximum atomic E-state index is 13.3. The first-order valence-electron chi connectivity index (χ1n) is 10.6. The largest absolute Gasteiger partial charge is 0.337 e. The first-order valence-corrected chi connectivity index (χ1v) is 10.6. The lowest BCUT2D eigenvalue weighted by Crippen LogP contribution is -2.51. The van der Waals surface area contributed by atoms with Gasteiger partial charge in [0.25, 0.3) is 17.0 Å². The van der Waals surface area contributed by atoms with Gasteiger partial charge in [0.05, 0.1) is 0 Å². The van der Waals surface area contributed by atoms with Gasteiger partial charge in [-0.15, -0.1) is 0 Å². The molecule has 0 aliphatic carbocycles. The first kappa shape index (κ1) is 18.8. The third-order valence-corrected chi connectivity index (χ3v) is 6.51. The molecular weight excluding hydrogens is 380 g/mol. The molecule has 0 N–H and O–H groups in total. The van der Waals surface area contributed by atoms with Gasteiger partial charge in [-0.05, 0) is 37.0 Å². The number of carbonyl (C=O) groups excluding carboxylic acids is 1. The zero-order chi connectivity index (χ0) is 20.8. The fourth-order valence-corrected chi connectivity index (χ4v) is 5.22. The maximum Gasteiger partial charge on any atom is 0.270 e. The molecule has 2 aliphatic rings. The number of hydrogen-bond acceptors (Lipinski definition) is 4. The Bertz CT molecular complexity index is 1240. The van der Waals surface area contributed by atoms with E-state index in [1.54, 1.807) is 35.4 Å². The van der Waals surface area contributed by atoms with Crippen LogP contribution in [0.3, 0.4) is 0 Å². The molecule has 7 heteroatoms. The van der Waals surface area contributed by atoms with Gasteiger partial charge in [0.1, 0.15) is 11.2 Å². The summed E-state index contributed by atoms with van der Waals surface area (Å²) in [7, 11) is 0. The van der Waals surface area contributed by atoms with Crippen molar-refractivity contribution in [2.75, 3.05) is 13.1 Å². The molecule has 1 fully saturated rings. The molecule has 1 amide bonds. The zero-order valence-corrected chi connectivity index (χ0v) is 16.9. The fraction of sp³-hybridized carbons (Fsp3) is 0.391. The quantitative estimate of drug-likeness (QED) is 0.672. The summed E-state index contributed by atoms with van der Waals surface area (Å²) in [5, 5.41) is 0. The average Bonchev–Trinajstić information content (AvgIpc) is 2.77. The third-order valence-electron chi connectivity index (χ3n) is 6.51. The van der Waals surface area contributed by atoms with E-state index in [-0.39, 0.29) is 40.5 Å². The van der Waals surface area contributed by atoms with Crippen LogP contribution in [0.1, 0.15) is 54.2 Å². The summed E-state index contributed by atoms with van der Waals surface area (Å²) in [5.41, 5.74) is 1.31. The SMILES string of the molecule is CCC[C@H]1[C@H]2C[C@H](CN(C(=O)c3cnc4ccccn4c3=O)C2)c2cccc(=O)n21. The third kappa shape index (κ3) is 2.88. The number of hydrogen-bond donors (Lipinski definition) is 0. The summed E-state index contributed by atoms with van der Waals surface area (Å²) in [6.45, 7) is 3.18. The van der Waals surface area contributed by atoms with Crippen molar-refractivity contribution in [2.45, 2.75) is 38.1 Å². The van der Waals surface area contributed by atoms with E-state index >= 15 is 0 Å². The Hall–Kier alpha value is -3.22. The molecule has 0 spiro atoms. The Morgan fingerprint density at radius 3 is 2.83 bits per heavy atom. The minimum absolute atomic E-state index is 0.0393. The van der Waals surface area contributed by atoms with Crippen LogP contribution in [-0.2, 0) is 0 Å². The van der Waals surface area contributed by atoms with Crippen LogP contribution in [-0.4, -0.2) is 37.8 Å². The van der Waals surface area contributed by atoms with E-state index in [2.05, 4.69) is 11.9 Å². The van der Waals surface area contributed by atoms with Crippen LogP contribution in [0, 0.1) is 5.92 Å². The summed E-state index contributed by atoms with van der Waals surface area (Å²) in [6.07, 6.45) is 5.86. The molecule has 3 aromatic heterocycles.